The molecule has 0 saturated carbocycles. The van der Waals surface area contributed by atoms with E-state index in [0.717, 1.165) is 4.47 Å². The first-order valence-corrected chi connectivity index (χ1v) is 7.30. The summed E-state index contributed by atoms with van der Waals surface area (Å²) in [7, 11) is 0. The van der Waals surface area contributed by atoms with Crippen LogP contribution >= 0.6 is 15.9 Å². The zero-order valence-corrected chi connectivity index (χ0v) is 13.6. The third-order valence-electron chi connectivity index (χ3n) is 2.75. The molecule has 116 valence electrons. The molecule has 0 aliphatic heterocycles. The first-order valence-electron chi connectivity index (χ1n) is 6.51. The first kappa shape index (κ1) is 16.2. The van der Waals surface area contributed by atoms with E-state index < -0.39 is 12.1 Å². The molecular formula is C15H14BrNO5. The molecule has 0 unspecified atom stereocenters. The van der Waals surface area contributed by atoms with E-state index in [-0.39, 0.29) is 18.3 Å². The Morgan fingerprint density at radius 3 is 2.59 bits per heavy atom. The number of carbonyl (C=O) groups is 2. The van der Waals surface area contributed by atoms with Gasteiger partial charge in [-0.05, 0) is 31.1 Å². The minimum Gasteiger partial charge on any atom is -0.463 e. The lowest BCUT2D eigenvalue weighted by atomic mass is 10.1. The fourth-order valence-corrected chi connectivity index (χ4v) is 1.94. The van der Waals surface area contributed by atoms with Gasteiger partial charge < -0.3 is 14.0 Å². The van der Waals surface area contributed by atoms with Gasteiger partial charge >= 0.3 is 5.97 Å². The van der Waals surface area contributed by atoms with Crippen molar-refractivity contribution in [2.45, 2.75) is 20.0 Å². The highest BCUT2D eigenvalue weighted by atomic mass is 79.9. The first-order chi connectivity index (χ1) is 10.5. The predicted octanol–water partition coefficient (Wildman–Crippen LogP) is 2.94. The standard InChI is InChI=1S/C15H14BrNO5/c1-9-7-13(17-22-9)20-8-14(18)21-10(2)15(19)11-3-5-12(16)6-4-11/h3-7,10H,8H2,1-2H3/t10-/m0/s1. The minimum absolute atomic E-state index is 0.196. The molecule has 0 aliphatic rings. The molecule has 0 fully saturated rings. The Labute approximate surface area is 135 Å². The SMILES string of the molecule is Cc1cc(OCC(=O)O[C@@H](C)C(=O)c2ccc(Br)cc2)no1. The number of ketones is 1. The summed E-state index contributed by atoms with van der Waals surface area (Å²) in [6, 6.07) is 8.36. The largest absolute Gasteiger partial charge is 0.463 e. The number of rotatable bonds is 6. The van der Waals surface area contributed by atoms with Gasteiger partial charge in [0.05, 0.1) is 0 Å². The van der Waals surface area contributed by atoms with Crippen LogP contribution in [0, 0.1) is 6.92 Å². The van der Waals surface area contributed by atoms with Crippen LogP contribution < -0.4 is 4.74 Å². The summed E-state index contributed by atoms with van der Waals surface area (Å²) < 4.78 is 15.8. The normalized spacial score (nSPS) is 11.8. The maximum Gasteiger partial charge on any atom is 0.344 e. The Kier molecular flexibility index (Phi) is 5.32. The highest BCUT2D eigenvalue weighted by Gasteiger charge is 2.20. The minimum atomic E-state index is -0.892. The maximum atomic E-state index is 12.1. The van der Waals surface area contributed by atoms with E-state index in [4.69, 9.17) is 14.0 Å². The number of hydrogen-bond donors (Lipinski definition) is 0. The molecule has 0 N–H and O–H groups in total. The van der Waals surface area contributed by atoms with Crippen molar-refractivity contribution in [3.05, 3.63) is 46.1 Å². The number of hydrogen-bond acceptors (Lipinski definition) is 6. The average molecular weight is 368 g/mol. The van der Waals surface area contributed by atoms with Crippen LogP contribution in [0.2, 0.25) is 0 Å². The van der Waals surface area contributed by atoms with Gasteiger partial charge in [-0.25, -0.2) is 4.79 Å². The summed E-state index contributed by atoms with van der Waals surface area (Å²) in [5.74, 6) is -0.166. The molecule has 0 amide bonds. The summed E-state index contributed by atoms with van der Waals surface area (Å²) in [6.45, 7) is 2.88. The molecule has 2 aromatic rings. The zero-order chi connectivity index (χ0) is 16.1. The zero-order valence-electron chi connectivity index (χ0n) is 12.0. The van der Waals surface area contributed by atoms with Crippen molar-refractivity contribution in [2.75, 3.05) is 6.61 Å². The van der Waals surface area contributed by atoms with Gasteiger partial charge in [-0.15, -0.1) is 0 Å². The number of Topliss-reactive ketones (excluding diaryl/α,β-unsaturated/α-hetero) is 1. The average Bonchev–Trinajstić information content (AvgIpc) is 2.91. The van der Waals surface area contributed by atoms with Gasteiger partial charge in [-0.1, -0.05) is 28.1 Å². The van der Waals surface area contributed by atoms with Gasteiger partial charge in [0.25, 0.3) is 5.88 Å². The molecule has 1 aromatic carbocycles. The quantitative estimate of drug-likeness (QED) is 0.576. The molecule has 0 spiro atoms. The molecule has 1 atom stereocenters. The number of aromatic nitrogens is 1. The van der Waals surface area contributed by atoms with Crippen molar-refractivity contribution in [2.24, 2.45) is 0 Å². The second-order valence-electron chi connectivity index (χ2n) is 4.57. The number of esters is 1. The Bertz CT molecular complexity index is 665. The number of aryl methyl sites for hydroxylation is 1. The van der Waals surface area contributed by atoms with E-state index >= 15 is 0 Å². The van der Waals surface area contributed by atoms with Crippen LogP contribution in [-0.2, 0) is 9.53 Å². The number of ether oxygens (including phenoxy) is 2. The lowest BCUT2D eigenvalue weighted by molar-refractivity contribution is -0.148. The van der Waals surface area contributed by atoms with Crippen LogP contribution in [0.5, 0.6) is 5.88 Å². The molecule has 0 saturated heterocycles. The molecule has 6 nitrogen and oxygen atoms in total. The van der Waals surface area contributed by atoms with Gasteiger partial charge in [0.15, 0.2) is 12.7 Å². The van der Waals surface area contributed by atoms with E-state index in [1.165, 1.54) is 6.92 Å². The maximum absolute atomic E-state index is 12.1. The van der Waals surface area contributed by atoms with Crippen LogP contribution in [0.3, 0.4) is 0 Å². The molecule has 0 bridgehead atoms. The lowest BCUT2D eigenvalue weighted by Crippen LogP contribution is -2.27. The fourth-order valence-electron chi connectivity index (χ4n) is 1.68. The lowest BCUT2D eigenvalue weighted by Gasteiger charge is -2.12. The van der Waals surface area contributed by atoms with Crippen molar-refractivity contribution in [3.63, 3.8) is 0 Å². The van der Waals surface area contributed by atoms with Gasteiger partial charge in [0.2, 0.25) is 5.78 Å². The summed E-state index contributed by atoms with van der Waals surface area (Å²) in [5.41, 5.74) is 0.469. The van der Waals surface area contributed by atoms with Crippen LogP contribution in [-0.4, -0.2) is 29.6 Å². The van der Waals surface area contributed by atoms with Crippen LogP contribution in [0.15, 0.2) is 39.3 Å². The van der Waals surface area contributed by atoms with Gasteiger partial charge in [-0.2, -0.15) is 0 Å². The number of benzene rings is 1. The second-order valence-corrected chi connectivity index (χ2v) is 5.48. The van der Waals surface area contributed by atoms with Crippen LogP contribution in [0.25, 0.3) is 0 Å². The summed E-state index contributed by atoms with van der Waals surface area (Å²) in [5, 5.41) is 3.58. The molecule has 7 heteroatoms. The fraction of sp³-hybridized carbons (Fsp3) is 0.267. The highest BCUT2D eigenvalue weighted by Crippen LogP contribution is 2.13. The van der Waals surface area contributed by atoms with Crippen molar-refractivity contribution in [1.82, 2.24) is 5.16 Å². The topological polar surface area (TPSA) is 78.6 Å². The van der Waals surface area contributed by atoms with E-state index in [2.05, 4.69) is 21.1 Å². The van der Waals surface area contributed by atoms with E-state index in [1.54, 1.807) is 37.3 Å². The third kappa shape index (κ3) is 4.42. The number of carbonyl (C=O) groups excluding carboxylic acids is 2. The summed E-state index contributed by atoms with van der Waals surface area (Å²) >= 11 is 3.29. The Morgan fingerprint density at radius 2 is 2.00 bits per heavy atom. The molecule has 22 heavy (non-hydrogen) atoms. The van der Waals surface area contributed by atoms with Crippen LogP contribution in [0.4, 0.5) is 0 Å². The van der Waals surface area contributed by atoms with E-state index in [1.807, 2.05) is 0 Å². The van der Waals surface area contributed by atoms with Crippen LogP contribution in [0.1, 0.15) is 23.0 Å². The van der Waals surface area contributed by atoms with Crippen molar-refractivity contribution in [3.8, 4) is 5.88 Å². The van der Waals surface area contributed by atoms with Crippen molar-refractivity contribution < 1.29 is 23.6 Å². The number of halogens is 1. The Balaban J connectivity index is 1.85. The summed E-state index contributed by atoms with van der Waals surface area (Å²) in [4.78, 5) is 23.8. The molecule has 1 heterocycles. The van der Waals surface area contributed by atoms with E-state index in [9.17, 15) is 9.59 Å². The molecule has 1 aromatic heterocycles. The number of nitrogens with zero attached hydrogens (tertiary/aromatic N) is 1. The Hall–Kier alpha value is -2.15. The van der Waals surface area contributed by atoms with Gasteiger partial charge in [0.1, 0.15) is 5.76 Å². The monoisotopic (exact) mass is 367 g/mol. The van der Waals surface area contributed by atoms with Gasteiger partial charge in [0, 0.05) is 16.1 Å². The summed E-state index contributed by atoms with van der Waals surface area (Å²) in [6.07, 6.45) is -0.892. The highest BCUT2D eigenvalue weighted by molar-refractivity contribution is 9.10. The molecular weight excluding hydrogens is 354 g/mol. The second kappa shape index (κ2) is 7.22. The van der Waals surface area contributed by atoms with Crippen molar-refractivity contribution >= 4 is 27.7 Å². The van der Waals surface area contributed by atoms with Crippen molar-refractivity contribution in [1.29, 1.82) is 0 Å². The third-order valence-corrected chi connectivity index (χ3v) is 3.28. The Morgan fingerprint density at radius 1 is 1.32 bits per heavy atom. The smallest absolute Gasteiger partial charge is 0.344 e. The molecule has 0 radical (unpaired) electrons. The predicted molar refractivity (Wildman–Crippen MR) is 80.8 cm³/mol. The van der Waals surface area contributed by atoms with Gasteiger partial charge in [-0.3, -0.25) is 4.79 Å². The van der Waals surface area contributed by atoms with E-state index in [0.29, 0.717) is 11.3 Å². The molecule has 0 aliphatic carbocycles. The molecule has 2 rings (SSSR count).